The molecule has 2 aliphatic rings. The summed E-state index contributed by atoms with van der Waals surface area (Å²) >= 11 is 0. The Morgan fingerprint density at radius 3 is 2.65 bits per heavy atom. The Morgan fingerprint density at radius 2 is 2.15 bits per heavy atom. The van der Waals surface area contributed by atoms with Crippen molar-refractivity contribution in [2.24, 2.45) is 0 Å². The molecule has 6 heteroatoms. The number of hydrogen-bond donors (Lipinski definition) is 0. The maximum absolute atomic E-state index is 12.0. The molecule has 0 N–H and O–H groups in total. The van der Waals surface area contributed by atoms with Crippen LogP contribution in [0, 0.1) is 0 Å². The van der Waals surface area contributed by atoms with Crippen molar-refractivity contribution in [2.75, 3.05) is 13.1 Å². The quantitative estimate of drug-likeness (QED) is 0.692. The van der Waals surface area contributed by atoms with Gasteiger partial charge in [0.1, 0.15) is 5.60 Å². The summed E-state index contributed by atoms with van der Waals surface area (Å²) in [5.41, 5.74) is 0.218. The second kappa shape index (κ2) is 5.08. The fraction of sp³-hybridized carbons (Fsp3) is 0.786. The van der Waals surface area contributed by atoms with Crippen molar-refractivity contribution < 1.29 is 18.8 Å². The molecule has 0 radical (unpaired) electrons. The molecule has 0 saturated carbocycles. The maximum atomic E-state index is 12.0. The SMILES string of the molecule is CC1OB(C2=CCN(C(=O)OC(C)(C)C)C2)OC1(C)C. The van der Waals surface area contributed by atoms with Crippen molar-refractivity contribution in [2.45, 2.75) is 58.8 Å². The maximum Gasteiger partial charge on any atom is 0.491 e. The molecule has 0 aromatic heterocycles. The predicted molar refractivity (Wildman–Crippen MR) is 77.4 cm³/mol. The highest BCUT2D eigenvalue weighted by Crippen LogP contribution is 2.31. The predicted octanol–water partition coefficient (Wildman–Crippen LogP) is 2.40. The molecule has 0 aromatic carbocycles. The molecule has 5 nitrogen and oxygen atoms in total. The molecule has 2 heterocycles. The summed E-state index contributed by atoms with van der Waals surface area (Å²) in [7, 11) is -0.354. The second-order valence-corrected chi connectivity index (χ2v) is 6.97. The van der Waals surface area contributed by atoms with Crippen molar-refractivity contribution in [3.63, 3.8) is 0 Å². The van der Waals surface area contributed by atoms with E-state index in [1.807, 2.05) is 47.6 Å². The Morgan fingerprint density at radius 1 is 1.50 bits per heavy atom. The van der Waals surface area contributed by atoms with Crippen LogP contribution < -0.4 is 0 Å². The molecule has 0 spiro atoms. The molecule has 1 unspecified atom stereocenters. The van der Waals surface area contributed by atoms with Crippen LogP contribution in [0.1, 0.15) is 41.5 Å². The first-order valence-corrected chi connectivity index (χ1v) is 7.08. The van der Waals surface area contributed by atoms with Gasteiger partial charge in [-0.15, -0.1) is 0 Å². The van der Waals surface area contributed by atoms with Gasteiger partial charge < -0.3 is 18.9 Å². The minimum atomic E-state index is -0.475. The molecule has 1 amide bonds. The second-order valence-electron chi connectivity index (χ2n) is 6.97. The van der Waals surface area contributed by atoms with E-state index in [0.717, 1.165) is 5.47 Å². The monoisotopic (exact) mass is 281 g/mol. The van der Waals surface area contributed by atoms with Gasteiger partial charge in [-0.05, 0) is 47.0 Å². The molecule has 1 fully saturated rings. The van der Waals surface area contributed by atoms with Gasteiger partial charge in [0.05, 0.1) is 11.7 Å². The van der Waals surface area contributed by atoms with Crippen molar-refractivity contribution in [3.05, 3.63) is 11.5 Å². The molecular formula is C14H24BNO4. The van der Waals surface area contributed by atoms with E-state index in [2.05, 4.69) is 0 Å². The number of carbonyl (C=O) groups excluding carboxylic acids is 1. The lowest BCUT2D eigenvalue weighted by molar-refractivity contribution is 0.0302. The molecule has 20 heavy (non-hydrogen) atoms. The van der Waals surface area contributed by atoms with Crippen LogP contribution in [0.2, 0.25) is 0 Å². The fourth-order valence-electron chi connectivity index (χ4n) is 2.13. The molecule has 112 valence electrons. The average molecular weight is 281 g/mol. The molecule has 0 bridgehead atoms. The zero-order valence-electron chi connectivity index (χ0n) is 13.2. The minimum absolute atomic E-state index is 0.0315. The van der Waals surface area contributed by atoms with Gasteiger partial charge in [0.15, 0.2) is 0 Å². The summed E-state index contributed by atoms with van der Waals surface area (Å²) in [6, 6.07) is 0. The van der Waals surface area contributed by atoms with Gasteiger partial charge >= 0.3 is 13.2 Å². The van der Waals surface area contributed by atoms with Gasteiger partial charge in [0.25, 0.3) is 0 Å². The van der Waals surface area contributed by atoms with Gasteiger partial charge in [-0.1, -0.05) is 6.08 Å². The number of amides is 1. The topological polar surface area (TPSA) is 48.0 Å². The van der Waals surface area contributed by atoms with Crippen LogP contribution in [0.25, 0.3) is 0 Å². The molecule has 1 saturated heterocycles. The van der Waals surface area contributed by atoms with Crippen molar-refractivity contribution in [3.8, 4) is 0 Å². The molecule has 2 rings (SSSR count). The normalized spacial score (nSPS) is 25.9. The van der Waals surface area contributed by atoms with Crippen molar-refractivity contribution >= 4 is 13.2 Å². The highest BCUT2D eigenvalue weighted by molar-refractivity contribution is 6.54. The van der Waals surface area contributed by atoms with E-state index < -0.39 is 5.60 Å². The van der Waals surface area contributed by atoms with E-state index >= 15 is 0 Å². The lowest BCUT2D eigenvalue weighted by Gasteiger charge is -2.24. The summed E-state index contributed by atoms with van der Waals surface area (Å²) in [4.78, 5) is 13.7. The number of hydrogen-bond acceptors (Lipinski definition) is 4. The number of nitrogens with zero attached hydrogens (tertiary/aromatic N) is 1. The highest BCUT2D eigenvalue weighted by atomic mass is 16.7. The Labute approximate surface area is 121 Å². The van der Waals surface area contributed by atoms with Crippen LogP contribution in [0.5, 0.6) is 0 Å². The third-order valence-corrected chi connectivity index (χ3v) is 3.62. The van der Waals surface area contributed by atoms with E-state index in [9.17, 15) is 4.79 Å². The van der Waals surface area contributed by atoms with E-state index in [4.69, 9.17) is 14.0 Å². The average Bonchev–Trinajstić information content (AvgIpc) is 2.82. The Balaban J connectivity index is 1.91. The van der Waals surface area contributed by atoms with Gasteiger partial charge in [-0.3, -0.25) is 0 Å². The van der Waals surface area contributed by atoms with Gasteiger partial charge in [0, 0.05) is 13.1 Å². The van der Waals surface area contributed by atoms with Crippen LogP contribution >= 0.6 is 0 Å². The van der Waals surface area contributed by atoms with Crippen LogP contribution in [0.15, 0.2) is 11.5 Å². The summed E-state index contributed by atoms with van der Waals surface area (Å²) in [5, 5.41) is 0. The van der Waals surface area contributed by atoms with Crippen molar-refractivity contribution in [1.82, 2.24) is 4.90 Å². The standard InChI is InChI=1S/C14H24BNO4/c1-10-14(5,6)20-15(19-10)11-7-8-16(9-11)12(17)18-13(2,3)4/h7,10H,8-9H2,1-6H3. The minimum Gasteiger partial charge on any atom is -0.444 e. The fourth-order valence-corrected chi connectivity index (χ4v) is 2.13. The molecular weight excluding hydrogens is 257 g/mol. The smallest absolute Gasteiger partial charge is 0.444 e. The Hall–Kier alpha value is -1.01. The largest absolute Gasteiger partial charge is 0.491 e. The van der Waals surface area contributed by atoms with Crippen LogP contribution in [0.4, 0.5) is 4.79 Å². The van der Waals surface area contributed by atoms with Gasteiger partial charge in [0.2, 0.25) is 0 Å². The number of rotatable bonds is 1. The first kappa shape index (κ1) is 15.4. The zero-order chi connectivity index (χ0) is 15.1. The summed E-state index contributed by atoms with van der Waals surface area (Å²) < 4.78 is 17.1. The first-order valence-electron chi connectivity index (χ1n) is 7.08. The Kier molecular flexibility index (Phi) is 3.91. The van der Waals surface area contributed by atoms with E-state index in [-0.39, 0.29) is 24.9 Å². The van der Waals surface area contributed by atoms with E-state index in [1.165, 1.54) is 0 Å². The molecule has 1 atom stereocenters. The van der Waals surface area contributed by atoms with E-state index in [0.29, 0.717) is 13.1 Å². The lowest BCUT2D eigenvalue weighted by Crippen LogP contribution is -2.37. The highest BCUT2D eigenvalue weighted by Gasteiger charge is 2.46. The third-order valence-electron chi connectivity index (χ3n) is 3.62. The third kappa shape index (κ3) is 3.36. The van der Waals surface area contributed by atoms with E-state index in [1.54, 1.807) is 4.90 Å². The first-order chi connectivity index (χ1) is 9.08. The molecule has 2 aliphatic heterocycles. The van der Waals surface area contributed by atoms with Crippen LogP contribution in [-0.4, -0.2) is 48.5 Å². The molecule has 0 aliphatic carbocycles. The lowest BCUT2D eigenvalue weighted by atomic mass is 9.79. The summed E-state index contributed by atoms with van der Waals surface area (Å²) in [6.45, 7) is 12.7. The van der Waals surface area contributed by atoms with Gasteiger partial charge in [-0.2, -0.15) is 0 Å². The van der Waals surface area contributed by atoms with Gasteiger partial charge in [-0.25, -0.2) is 4.79 Å². The van der Waals surface area contributed by atoms with Crippen LogP contribution in [0.3, 0.4) is 0 Å². The Bertz CT molecular complexity index is 427. The van der Waals surface area contributed by atoms with Crippen LogP contribution in [-0.2, 0) is 14.0 Å². The number of carbonyl (C=O) groups is 1. The zero-order valence-corrected chi connectivity index (χ0v) is 13.2. The summed E-state index contributed by atoms with van der Waals surface area (Å²) in [5.74, 6) is 0. The summed E-state index contributed by atoms with van der Waals surface area (Å²) in [6.07, 6.45) is 1.72. The van der Waals surface area contributed by atoms with Crippen molar-refractivity contribution in [1.29, 1.82) is 0 Å². The number of ether oxygens (including phenoxy) is 1. The molecule has 0 aromatic rings.